The molecule has 7 heteroatoms. The van der Waals surface area contributed by atoms with Crippen molar-refractivity contribution in [1.82, 2.24) is 9.78 Å². The van der Waals surface area contributed by atoms with Crippen LogP contribution >= 0.6 is 23.2 Å². The second-order valence-electron chi connectivity index (χ2n) is 7.24. The summed E-state index contributed by atoms with van der Waals surface area (Å²) in [5.41, 5.74) is 1.13. The van der Waals surface area contributed by atoms with Gasteiger partial charge in [0.15, 0.2) is 5.78 Å². The normalized spacial score (nSPS) is 16.9. The summed E-state index contributed by atoms with van der Waals surface area (Å²) < 4.78 is 1.81. The number of rotatable bonds is 2. The van der Waals surface area contributed by atoms with Crippen LogP contribution in [0.4, 0.5) is 5.82 Å². The highest BCUT2D eigenvalue weighted by Crippen LogP contribution is 2.43. The molecule has 2 heterocycles. The smallest absolute Gasteiger partial charge is 0.196 e. The van der Waals surface area contributed by atoms with E-state index in [2.05, 4.69) is 10.4 Å². The standard InChI is InChI=1S/C18H19Cl2N3O2/c1-9-5-14-21-8-12(17(18(2,3)4)23(14)22-9)15(24)11-6-10(19)7-13(20)16(11)25/h5-8,17,21,25H,1-4H3. The highest BCUT2D eigenvalue weighted by Gasteiger charge is 2.38. The molecule has 0 aliphatic carbocycles. The van der Waals surface area contributed by atoms with Crippen LogP contribution in [-0.2, 0) is 0 Å². The molecule has 0 saturated heterocycles. The zero-order chi connectivity index (χ0) is 18.5. The number of nitrogens with one attached hydrogen (secondary N) is 1. The Hall–Kier alpha value is -1.98. The third kappa shape index (κ3) is 3.14. The van der Waals surface area contributed by atoms with Gasteiger partial charge in [0.25, 0.3) is 0 Å². The molecule has 0 amide bonds. The molecule has 132 valence electrons. The van der Waals surface area contributed by atoms with E-state index in [1.165, 1.54) is 12.1 Å². The molecule has 1 atom stereocenters. The van der Waals surface area contributed by atoms with Crippen molar-refractivity contribution in [2.24, 2.45) is 5.41 Å². The molecule has 0 spiro atoms. The first-order chi connectivity index (χ1) is 11.6. The number of hydrogen-bond acceptors (Lipinski definition) is 4. The van der Waals surface area contributed by atoms with Crippen LogP contribution in [0.1, 0.15) is 42.9 Å². The number of benzene rings is 1. The Morgan fingerprint density at radius 2 is 1.96 bits per heavy atom. The summed E-state index contributed by atoms with van der Waals surface area (Å²) in [5.74, 6) is 0.211. The van der Waals surface area contributed by atoms with E-state index in [0.29, 0.717) is 10.6 Å². The van der Waals surface area contributed by atoms with Gasteiger partial charge in [0.05, 0.1) is 22.3 Å². The molecule has 1 aliphatic heterocycles. The number of anilines is 1. The van der Waals surface area contributed by atoms with E-state index in [0.717, 1.165) is 11.5 Å². The summed E-state index contributed by atoms with van der Waals surface area (Å²) in [6, 6.07) is 4.45. The first-order valence-corrected chi connectivity index (χ1v) is 8.60. The van der Waals surface area contributed by atoms with Gasteiger partial charge in [0.1, 0.15) is 11.6 Å². The molecule has 0 fully saturated rings. The van der Waals surface area contributed by atoms with Gasteiger partial charge in [-0.3, -0.25) is 4.79 Å². The third-order valence-corrected chi connectivity index (χ3v) is 4.63. The van der Waals surface area contributed by atoms with Gasteiger partial charge in [-0.05, 0) is 24.5 Å². The molecule has 0 radical (unpaired) electrons. The van der Waals surface area contributed by atoms with Crippen LogP contribution in [0.15, 0.2) is 30.0 Å². The van der Waals surface area contributed by atoms with Crippen molar-refractivity contribution in [2.45, 2.75) is 33.7 Å². The lowest BCUT2D eigenvalue weighted by Gasteiger charge is -2.36. The maximum atomic E-state index is 13.2. The topological polar surface area (TPSA) is 67.2 Å². The van der Waals surface area contributed by atoms with E-state index < -0.39 is 0 Å². The average molecular weight is 380 g/mol. The molecule has 5 nitrogen and oxygen atoms in total. The molecule has 1 aromatic carbocycles. The molecular formula is C18H19Cl2N3O2. The van der Waals surface area contributed by atoms with Crippen molar-refractivity contribution in [2.75, 3.05) is 5.32 Å². The number of phenols is 1. The van der Waals surface area contributed by atoms with Crippen LogP contribution in [0.3, 0.4) is 0 Å². The van der Waals surface area contributed by atoms with E-state index in [1.54, 1.807) is 6.20 Å². The molecule has 0 bridgehead atoms. The third-order valence-electron chi connectivity index (χ3n) is 4.13. The molecular weight excluding hydrogens is 361 g/mol. The van der Waals surface area contributed by atoms with Crippen LogP contribution < -0.4 is 5.32 Å². The van der Waals surface area contributed by atoms with E-state index in [1.807, 2.05) is 38.4 Å². The number of carbonyl (C=O) groups is 1. The highest BCUT2D eigenvalue weighted by atomic mass is 35.5. The lowest BCUT2D eigenvalue weighted by Crippen LogP contribution is -2.33. The number of allylic oxidation sites excluding steroid dienone is 1. The first-order valence-electron chi connectivity index (χ1n) is 7.85. The maximum absolute atomic E-state index is 13.2. The molecule has 1 aliphatic rings. The van der Waals surface area contributed by atoms with Gasteiger partial charge in [-0.2, -0.15) is 5.10 Å². The molecule has 25 heavy (non-hydrogen) atoms. The zero-order valence-corrected chi connectivity index (χ0v) is 15.9. The van der Waals surface area contributed by atoms with Gasteiger partial charge < -0.3 is 10.4 Å². The number of aromatic nitrogens is 2. The average Bonchev–Trinajstić information content (AvgIpc) is 2.87. The van der Waals surface area contributed by atoms with Crippen molar-refractivity contribution < 1.29 is 9.90 Å². The van der Waals surface area contributed by atoms with Crippen molar-refractivity contribution in [3.63, 3.8) is 0 Å². The first kappa shape index (κ1) is 17.8. The number of Topliss-reactive ketones (excluding diaryl/α,β-unsaturated/α-hetero) is 1. The van der Waals surface area contributed by atoms with Crippen molar-refractivity contribution in [3.05, 3.63) is 51.3 Å². The lowest BCUT2D eigenvalue weighted by molar-refractivity contribution is 0.0995. The number of aryl methyl sites for hydroxylation is 1. The molecule has 1 aromatic heterocycles. The van der Waals surface area contributed by atoms with Crippen LogP contribution in [0, 0.1) is 12.3 Å². The summed E-state index contributed by atoms with van der Waals surface area (Å²) >= 11 is 12.0. The predicted octanol–water partition coefficient (Wildman–Crippen LogP) is 4.98. The van der Waals surface area contributed by atoms with Crippen LogP contribution in [0.2, 0.25) is 10.0 Å². The zero-order valence-electron chi connectivity index (χ0n) is 14.4. The fourth-order valence-corrected chi connectivity index (χ4v) is 3.59. The van der Waals surface area contributed by atoms with Crippen molar-refractivity contribution >= 4 is 34.8 Å². The van der Waals surface area contributed by atoms with Gasteiger partial charge in [-0.15, -0.1) is 0 Å². The maximum Gasteiger partial charge on any atom is 0.196 e. The Labute approximate surface area is 156 Å². The number of ketones is 1. The number of aromatic hydroxyl groups is 1. The number of halogens is 2. The van der Waals surface area contributed by atoms with Crippen molar-refractivity contribution in [1.29, 1.82) is 0 Å². The summed E-state index contributed by atoms with van der Waals surface area (Å²) in [6.07, 6.45) is 1.67. The Morgan fingerprint density at radius 1 is 1.28 bits per heavy atom. The Morgan fingerprint density at radius 3 is 2.60 bits per heavy atom. The monoisotopic (exact) mass is 379 g/mol. The van der Waals surface area contributed by atoms with Crippen molar-refractivity contribution in [3.8, 4) is 5.75 Å². The molecule has 0 saturated carbocycles. The molecule has 2 aromatic rings. The van der Waals surface area contributed by atoms with Gasteiger partial charge in [-0.1, -0.05) is 44.0 Å². The summed E-state index contributed by atoms with van der Waals surface area (Å²) in [5, 5.41) is 18.2. The summed E-state index contributed by atoms with van der Waals surface area (Å²) in [7, 11) is 0. The quantitative estimate of drug-likeness (QED) is 0.721. The van der Waals surface area contributed by atoms with Gasteiger partial charge in [0, 0.05) is 22.9 Å². The minimum atomic E-state index is -0.340. The number of fused-ring (bicyclic) bond motifs is 1. The molecule has 3 rings (SSSR count). The fraction of sp³-hybridized carbons (Fsp3) is 0.333. The van der Waals surface area contributed by atoms with Gasteiger partial charge in [-0.25, -0.2) is 4.68 Å². The second-order valence-corrected chi connectivity index (χ2v) is 8.08. The molecule has 1 unspecified atom stereocenters. The van der Waals surface area contributed by atoms with E-state index in [4.69, 9.17) is 23.2 Å². The molecule has 2 N–H and O–H groups in total. The van der Waals surface area contributed by atoms with Crippen LogP contribution in [0.25, 0.3) is 0 Å². The van der Waals surface area contributed by atoms with E-state index in [9.17, 15) is 9.90 Å². The van der Waals surface area contributed by atoms with Gasteiger partial charge >= 0.3 is 0 Å². The number of carbonyl (C=O) groups excluding carboxylic acids is 1. The van der Waals surface area contributed by atoms with E-state index >= 15 is 0 Å². The minimum absolute atomic E-state index is 0.0446. The second kappa shape index (κ2) is 6.07. The largest absolute Gasteiger partial charge is 0.506 e. The SMILES string of the molecule is Cc1cc2n(n1)C(C(C)(C)C)C(C(=O)c1cc(Cl)cc(Cl)c1O)=CN2. The Balaban J connectivity index is 2.12. The summed E-state index contributed by atoms with van der Waals surface area (Å²) in [4.78, 5) is 13.2. The fourth-order valence-electron chi connectivity index (χ4n) is 3.10. The van der Waals surface area contributed by atoms with Gasteiger partial charge in [0.2, 0.25) is 0 Å². The number of phenolic OH excluding ortho intramolecular Hbond substituents is 1. The Bertz CT molecular complexity index is 894. The minimum Gasteiger partial charge on any atom is -0.506 e. The Kier molecular flexibility index (Phi) is 4.33. The van der Waals surface area contributed by atoms with Crippen LogP contribution in [-0.4, -0.2) is 20.7 Å². The highest BCUT2D eigenvalue weighted by molar-refractivity contribution is 6.36. The van der Waals surface area contributed by atoms with Crippen LogP contribution in [0.5, 0.6) is 5.75 Å². The lowest BCUT2D eigenvalue weighted by atomic mass is 9.79. The number of nitrogens with zero attached hydrogens (tertiary/aromatic N) is 2. The van der Waals surface area contributed by atoms with E-state index in [-0.39, 0.29) is 33.6 Å². The predicted molar refractivity (Wildman–Crippen MR) is 99.6 cm³/mol. The summed E-state index contributed by atoms with van der Waals surface area (Å²) in [6.45, 7) is 8.01. The number of hydrogen-bond donors (Lipinski definition) is 2.